The van der Waals surface area contributed by atoms with Crippen molar-refractivity contribution < 1.29 is 9.59 Å². The number of nitrogens with zero attached hydrogens (tertiary/aromatic N) is 2. The molecule has 0 bridgehead atoms. The van der Waals surface area contributed by atoms with Gasteiger partial charge in [-0.2, -0.15) is 0 Å². The van der Waals surface area contributed by atoms with Gasteiger partial charge in [-0.15, -0.1) is 0 Å². The van der Waals surface area contributed by atoms with E-state index in [1.54, 1.807) is 9.80 Å². The zero-order valence-electron chi connectivity index (χ0n) is 10.6. The van der Waals surface area contributed by atoms with Crippen LogP contribution >= 0.6 is 15.9 Å². The Morgan fingerprint density at radius 2 is 1.76 bits per heavy atom. The molecule has 0 N–H and O–H groups in total. The molecule has 1 atom stereocenters. The van der Waals surface area contributed by atoms with Crippen molar-refractivity contribution in [1.82, 2.24) is 9.80 Å². The SMILES string of the molecule is CCN1CCN(CCC(C)CCBr)C(=O)C1=O. The zero-order chi connectivity index (χ0) is 12.8. The third-order valence-corrected chi connectivity index (χ3v) is 3.73. The lowest BCUT2D eigenvalue weighted by atomic mass is 10.0. The van der Waals surface area contributed by atoms with E-state index in [1.807, 2.05) is 6.92 Å². The first-order valence-corrected chi connectivity index (χ1v) is 7.36. The van der Waals surface area contributed by atoms with Gasteiger partial charge in [-0.05, 0) is 25.7 Å². The molecule has 4 nitrogen and oxygen atoms in total. The molecule has 0 radical (unpaired) electrons. The predicted molar refractivity (Wildman–Crippen MR) is 71.0 cm³/mol. The largest absolute Gasteiger partial charge is 0.333 e. The van der Waals surface area contributed by atoms with Crippen LogP contribution in [0.5, 0.6) is 0 Å². The summed E-state index contributed by atoms with van der Waals surface area (Å²) >= 11 is 3.41. The molecule has 0 aromatic rings. The number of carbonyl (C=O) groups is 2. The van der Waals surface area contributed by atoms with Crippen LogP contribution in [0.15, 0.2) is 0 Å². The minimum atomic E-state index is -0.341. The van der Waals surface area contributed by atoms with Gasteiger partial charge in [-0.3, -0.25) is 9.59 Å². The average molecular weight is 305 g/mol. The Morgan fingerprint density at radius 3 is 2.35 bits per heavy atom. The second-order valence-corrected chi connectivity index (χ2v) is 5.34. The fourth-order valence-electron chi connectivity index (χ4n) is 1.94. The quantitative estimate of drug-likeness (QED) is 0.551. The van der Waals surface area contributed by atoms with E-state index >= 15 is 0 Å². The number of amides is 2. The lowest BCUT2D eigenvalue weighted by molar-refractivity contribution is -0.155. The molecule has 0 aromatic carbocycles. The Morgan fingerprint density at radius 1 is 1.18 bits per heavy atom. The van der Waals surface area contributed by atoms with Crippen LogP contribution in [0.3, 0.4) is 0 Å². The van der Waals surface area contributed by atoms with Crippen molar-refractivity contribution in [3.63, 3.8) is 0 Å². The molecule has 0 aromatic heterocycles. The Balaban J connectivity index is 2.41. The molecule has 1 heterocycles. The van der Waals surface area contributed by atoms with E-state index in [4.69, 9.17) is 0 Å². The molecule has 1 aliphatic heterocycles. The van der Waals surface area contributed by atoms with E-state index < -0.39 is 0 Å². The molecule has 1 unspecified atom stereocenters. The summed E-state index contributed by atoms with van der Waals surface area (Å²) in [5.41, 5.74) is 0. The molecular formula is C12H21BrN2O2. The van der Waals surface area contributed by atoms with Crippen molar-refractivity contribution in [1.29, 1.82) is 0 Å². The van der Waals surface area contributed by atoms with E-state index in [9.17, 15) is 9.59 Å². The summed E-state index contributed by atoms with van der Waals surface area (Å²) in [5.74, 6) is -0.0856. The summed E-state index contributed by atoms with van der Waals surface area (Å²) in [4.78, 5) is 26.8. The van der Waals surface area contributed by atoms with Crippen LogP contribution in [-0.4, -0.2) is 53.1 Å². The Hall–Kier alpha value is -0.580. The third-order valence-electron chi connectivity index (χ3n) is 3.27. The smallest absolute Gasteiger partial charge is 0.312 e. The first-order chi connectivity index (χ1) is 8.10. The Kier molecular flexibility index (Phi) is 5.95. The third kappa shape index (κ3) is 3.98. The van der Waals surface area contributed by atoms with Crippen LogP contribution in [0, 0.1) is 5.92 Å². The van der Waals surface area contributed by atoms with Gasteiger partial charge in [0.1, 0.15) is 0 Å². The first kappa shape index (κ1) is 14.5. The van der Waals surface area contributed by atoms with Gasteiger partial charge in [0.15, 0.2) is 0 Å². The summed E-state index contributed by atoms with van der Waals surface area (Å²) < 4.78 is 0. The molecule has 2 amide bonds. The minimum absolute atomic E-state index is 0.329. The van der Waals surface area contributed by atoms with Crippen LogP contribution < -0.4 is 0 Å². The second-order valence-electron chi connectivity index (χ2n) is 4.55. The van der Waals surface area contributed by atoms with Crippen molar-refractivity contribution in [2.24, 2.45) is 5.92 Å². The van der Waals surface area contributed by atoms with E-state index in [1.165, 1.54) is 0 Å². The average Bonchev–Trinajstić information content (AvgIpc) is 2.31. The molecule has 0 spiro atoms. The van der Waals surface area contributed by atoms with Crippen molar-refractivity contribution in [2.75, 3.05) is 31.5 Å². The highest BCUT2D eigenvalue weighted by Crippen LogP contribution is 2.12. The highest BCUT2D eigenvalue weighted by Gasteiger charge is 2.31. The maximum absolute atomic E-state index is 11.8. The number of piperazine rings is 1. The normalized spacial score (nSPS) is 18.8. The van der Waals surface area contributed by atoms with Gasteiger partial charge in [-0.25, -0.2) is 0 Å². The number of likely N-dealkylation sites (N-methyl/N-ethyl adjacent to an activating group) is 1. The van der Waals surface area contributed by atoms with Gasteiger partial charge in [0, 0.05) is 31.5 Å². The van der Waals surface area contributed by atoms with Gasteiger partial charge in [-0.1, -0.05) is 22.9 Å². The van der Waals surface area contributed by atoms with E-state index in [-0.39, 0.29) is 11.8 Å². The number of hydrogen-bond acceptors (Lipinski definition) is 2. The van der Waals surface area contributed by atoms with Gasteiger partial charge >= 0.3 is 11.8 Å². The molecule has 0 aliphatic carbocycles. The van der Waals surface area contributed by atoms with E-state index in [0.717, 1.165) is 18.2 Å². The van der Waals surface area contributed by atoms with Crippen molar-refractivity contribution >= 4 is 27.7 Å². The maximum atomic E-state index is 11.8. The number of alkyl halides is 1. The number of rotatable bonds is 6. The van der Waals surface area contributed by atoms with Crippen LogP contribution in [-0.2, 0) is 9.59 Å². The van der Waals surface area contributed by atoms with Gasteiger partial charge in [0.2, 0.25) is 0 Å². The maximum Gasteiger partial charge on any atom is 0.312 e. The lowest BCUT2D eigenvalue weighted by Gasteiger charge is -2.33. The van der Waals surface area contributed by atoms with Gasteiger partial charge in [0.25, 0.3) is 0 Å². The number of carbonyl (C=O) groups excluding carboxylic acids is 2. The Bertz CT molecular complexity index is 284. The molecule has 98 valence electrons. The first-order valence-electron chi connectivity index (χ1n) is 6.24. The molecule has 5 heteroatoms. The van der Waals surface area contributed by atoms with E-state index in [2.05, 4.69) is 22.9 Å². The highest BCUT2D eigenvalue weighted by atomic mass is 79.9. The molecule has 1 fully saturated rings. The van der Waals surface area contributed by atoms with Crippen LogP contribution in [0.1, 0.15) is 26.7 Å². The fraction of sp³-hybridized carbons (Fsp3) is 0.833. The molecule has 1 rings (SSSR count). The predicted octanol–water partition coefficient (Wildman–Crippen LogP) is 1.49. The molecular weight excluding hydrogens is 284 g/mol. The van der Waals surface area contributed by atoms with Gasteiger partial charge < -0.3 is 9.80 Å². The zero-order valence-corrected chi connectivity index (χ0v) is 12.2. The van der Waals surface area contributed by atoms with Crippen LogP contribution in [0.2, 0.25) is 0 Å². The number of halogens is 1. The molecule has 1 aliphatic rings. The summed E-state index contributed by atoms with van der Waals surface area (Å²) in [5, 5.41) is 0.991. The van der Waals surface area contributed by atoms with Crippen LogP contribution in [0.25, 0.3) is 0 Å². The topological polar surface area (TPSA) is 40.6 Å². The van der Waals surface area contributed by atoms with Crippen molar-refractivity contribution in [3.8, 4) is 0 Å². The highest BCUT2D eigenvalue weighted by molar-refractivity contribution is 9.09. The second kappa shape index (κ2) is 6.99. The molecule has 17 heavy (non-hydrogen) atoms. The lowest BCUT2D eigenvalue weighted by Crippen LogP contribution is -2.54. The summed E-state index contributed by atoms with van der Waals surface area (Å²) in [6.07, 6.45) is 2.08. The van der Waals surface area contributed by atoms with E-state index in [0.29, 0.717) is 32.1 Å². The standard InChI is InChI=1S/C12H21BrN2O2/c1-3-14-8-9-15(12(17)11(14)16)7-5-10(2)4-6-13/h10H,3-9H2,1-2H3. The fourth-order valence-corrected chi connectivity index (χ4v) is 2.72. The summed E-state index contributed by atoms with van der Waals surface area (Å²) in [6, 6.07) is 0. The monoisotopic (exact) mass is 304 g/mol. The summed E-state index contributed by atoms with van der Waals surface area (Å²) in [7, 11) is 0. The minimum Gasteiger partial charge on any atom is -0.333 e. The van der Waals surface area contributed by atoms with Crippen molar-refractivity contribution in [2.45, 2.75) is 26.7 Å². The Labute approximate surface area is 111 Å². The summed E-state index contributed by atoms with van der Waals surface area (Å²) in [6.45, 7) is 6.76. The number of hydrogen-bond donors (Lipinski definition) is 0. The van der Waals surface area contributed by atoms with Gasteiger partial charge in [0.05, 0.1) is 0 Å². The molecule has 0 saturated carbocycles. The van der Waals surface area contributed by atoms with Crippen LogP contribution in [0.4, 0.5) is 0 Å². The molecule has 1 saturated heterocycles. The van der Waals surface area contributed by atoms with Crippen molar-refractivity contribution in [3.05, 3.63) is 0 Å².